The highest BCUT2D eigenvalue weighted by Gasteiger charge is 2.38. The molecule has 0 unspecified atom stereocenters. The van der Waals surface area contributed by atoms with Gasteiger partial charge in [0.2, 0.25) is 36.0 Å². The average molecular weight is 873 g/mol. The number of carbonyl (C=O) groups is 9. The molecule has 0 spiro atoms. The summed E-state index contributed by atoms with van der Waals surface area (Å²) in [6.07, 6.45) is -2.96. The number of carbonyl (C=O) groups excluding carboxylic acids is 6. The Kier molecular flexibility index (Phi) is 20.6. The molecule has 0 aromatic heterocycles. The van der Waals surface area contributed by atoms with E-state index in [4.69, 9.17) is 10.8 Å². The van der Waals surface area contributed by atoms with Gasteiger partial charge in [0.25, 0.3) is 0 Å². The number of rotatable bonds is 26. The van der Waals surface area contributed by atoms with Crippen molar-refractivity contribution >= 4 is 53.7 Å². The van der Waals surface area contributed by atoms with E-state index in [1.807, 2.05) is 0 Å². The predicted octanol–water partition coefficient (Wildman–Crippen LogP) is 1.60. The summed E-state index contributed by atoms with van der Waals surface area (Å²) >= 11 is 0. The number of aliphatic carboxylic acids is 3. The molecule has 6 atom stereocenters. The SMILES string of the molecule is N[C@@H](CC(=O)O)C(=O)N[C@@H](CCC(=O)O)C(=O)N[C@H](C(=O)N[C@@H](CCC(=O)O)C(=O)N[C@@H](CC1CCCCC1)C(=O)N[C@H](C=O)CC(F)F)C(c1ccccc1)c1ccccc1. The molecule has 0 saturated heterocycles. The number of hydrogen-bond donors (Lipinski definition) is 9. The zero-order valence-electron chi connectivity index (χ0n) is 33.9. The van der Waals surface area contributed by atoms with Gasteiger partial charge in [0, 0.05) is 25.2 Å². The summed E-state index contributed by atoms with van der Waals surface area (Å²) in [4.78, 5) is 116. The first kappa shape index (κ1) is 50.0. The molecule has 2 aromatic carbocycles. The number of aldehydes is 1. The Morgan fingerprint density at radius 1 is 0.629 bits per heavy atom. The second-order valence-electron chi connectivity index (χ2n) is 15.2. The largest absolute Gasteiger partial charge is 0.481 e. The van der Waals surface area contributed by atoms with E-state index in [-0.39, 0.29) is 18.6 Å². The van der Waals surface area contributed by atoms with Gasteiger partial charge in [-0.15, -0.1) is 0 Å². The van der Waals surface area contributed by atoms with E-state index in [0.29, 0.717) is 24.0 Å². The Hall–Kier alpha value is -6.31. The van der Waals surface area contributed by atoms with Crippen molar-refractivity contribution in [2.75, 3.05) is 0 Å². The summed E-state index contributed by atoms with van der Waals surface area (Å²) in [5.74, 6) is -10.5. The molecule has 0 aliphatic heterocycles. The van der Waals surface area contributed by atoms with Crippen molar-refractivity contribution in [2.45, 2.75) is 126 Å². The Balaban J connectivity index is 2.07. The van der Waals surface area contributed by atoms with E-state index in [9.17, 15) is 62.1 Å². The van der Waals surface area contributed by atoms with Gasteiger partial charge in [-0.3, -0.25) is 38.4 Å². The van der Waals surface area contributed by atoms with Crippen LogP contribution in [0.25, 0.3) is 0 Å². The Labute approximate surface area is 356 Å². The van der Waals surface area contributed by atoms with Crippen molar-refractivity contribution in [1.82, 2.24) is 26.6 Å². The number of halogens is 2. The van der Waals surface area contributed by atoms with Crippen molar-refractivity contribution in [3.05, 3.63) is 71.8 Å². The molecule has 338 valence electrons. The van der Waals surface area contributed by atoms with Crippen LogP contribution in [0.4, 0.5) is 8.78 Å². The maximum atomic E-state index is 14.7. The molecule has 1 aliphatic rings. The molecule has 2 aromatic rings. The zero-order chi connectivity index (χ0) is 45.8. The predicted molar refractivity (Wildman–Crippen MR) is 216 cm³/mol. The summed E-state index contributed by atoms with van der Waals surface area (Å²) in [5, 5.41) is 40.3. The Morgan fingerprint density at radius 3 is 1.56 bits per heavy atom. The number of benzene rings is 2. The van der Waals surface area contributed by atoms with Gasteiger partial charge in [-0.25, -0.2) is 8.78 Å². The number of alkyl halides is 2. The maximum Gasteiger partial charge on any atom is 0.305 e. The standard InChI is InChI=1S/C42H54F2N6O12/c43-32(44)21-27(23-51)46-41(61)31(20-24-10-4-1-5-11-24)49-39(59)29(16-18-33(52)53)48-42(62)37(36(25-12-6-2-7-13-25)26-14-8-3-9-15-26)50-40(60)30(17-19-34(54)55)47-38(58)28(45)22-35(56)57/h2-3,6-9,12-15,23-24,27-32,36-37H,1,4-5,10-11,16-22,45H2,(H,46,61)(H,47,58)(H,48,62)(H,49,59)(H,50,60)(H,52,53)(H,54,55)(H,56,57)/t27-,28-,29-,30-,31-,37-/m0/s1. The smallest absolute Gasteiger partial charge is 0.305 e. The molecule has 5 amide bonds. The van der Waals surface area contributed by atoms with Crippen LogP contribution in [0.1, 0.15) is 94.1 Å². The lowest BCUT2D eigenvalue weighted by molar-refractivity contribution is -0.140. The van der Waals surface area contributed by atoms with Crippen LogP contribution in [-0.4, -0.2) is 112 Å². The van der Waals surface area contributed by atoms with E-state index in [1.54, 1.807) is 60.7 Å². The van der Waals surface area contributed by atoms with Crippen LogP contribution in [0.3, 0.4) is 0 Å². The summed E-state index contributed by atoms with van der Waals surface area (Å²) < 4.78 is 26.4. The lowest BCUT2D eigenvalue weighted by Gasteiger charge is -2.32. The van der Waals surface area contributed by atoms with Crippen LogP contribution >= 0.6 is 0 Å². The minimum atomic E-state index is -2.94. The van der Waals surface area contributed by atoms with E-state index >= 15 is 0 Å². The van der Waals surface area contributed by atoms with E-state index in [2.05, 4.69) is 26.6 Å². The third kappa shape index (κ3) is 17.0. The van der Waals surface area contributed by atoms with Gasteiger partial charge < -0.3 is 52.4 Å². The van der Waals surface area contributed by atoms with Gasteiger partial charge in [0.05, 0.1) is 18.5 Å². The van der Waals surface area contributed by atoms with Crippen LogP contribution in [0.2, 0.25) is 0 Å². The van der Waals surface area contributed by atoms with Crippen molar-refractivity contribution in [1.29, 1.82) is 0 Å². The molecule has 62 heavy (non-hydrogen) atoms. The molecule has 1 fully saturated rings. The van der Waals surface area contributed by atoms with Gasteiger partial charge in [0.15, 0.2) is 0 Å². The zero-order valence-corrected chi connectivity index (χ0v) is 33.9. The molecule has 3 rings (SSSR count). The Bertz CT molecular complexity index is 1810. The molecule has 1 saturated carbocycles. The number of nitrogens with two attached hydrogens (primary N) is 1. The van der Waals surface area contributed by atoms with Gasteiger partial charge in [-0.1, -0.05) is 92.8 Å². The minimum Gasteiger partial charge on any atom is -0.481 e. The second kappa shape index (κ2) is 25.5. The summed E-state index contributed by atoms with van der Waals surface area (Å²) in [6, 6.07) is 6.89. The van der Waals surface area contributed by atoms with Crippen LogP contribution in [0.15, 0.2) is 60.7 Å². The molecular formula is C42H54F2N6O12. The van der Waals surface area contributed by atoms with E-state index in [0.717, 1.165) is 19.3 Å². The topological polar surface area (TPSA) is 300 Å². The van der Waals surface area contributed by atoms with Gasteiger partial charge >= 0.3 is 17.9 Å². The fourth-order valence-corrected chi connectivity index (χ4v) is 7.23. The van der Waals surface area contributed by atoms with Gasteiger partial charge in [-0.2, -0.15) is 0 Å². The van der Waals surface area contributed by atoms with Crippen molar-refractivity contribution in [2.24, 2.45) is 11.7 Å². The van der Waals surface area contributed by atoms with Gasteiger partial charge in [-0.05, 0) is 36.3 Å². The highest BCUT2D eigenvalue weighted by molar-refractivity contribution is 5.97. The summed E-state index contributed by atoms with van der Waals surface area (Å²) in [6.45, 7) is 0. The third-order valence-electron chi connectivity index (χ3n) is 10.4. The maximum absolute atomic E-state index is 14.7. The third-order valence-corrected chi connectivity index (χ3v) is 10.4. The minimum absolute atomic E-state index is 0.0414. The first-order chi connectivity index (χ1) is 29.5. The van der Waals surface area contributed by atoms with Crippen LogP contribution in [-0.2, 0) is 43.2 Å². The quantitative estimate of drug-likeness (QED) is 0.0608. The monoisotopic (exact) mass is 872 g/mol. The fourth-order valence-electron chi connectivity index (χ4n) is 7.23. The molecule has 0 bridgehead atoms. The first-order valence-electron chi connectivity index (χ1n) is 20.2. The van der Waals surface area contributed by atoms with Crippen LogP contribution < -0.4 is 32.3 Å². The number of amides is 5. The molecule has 0 heterocycles. The molecule has 10 N–H and O–H groups in total. The molecule has 18 nitrogen and oxygen atoms in total. The number of nitrogens with one attached hydrogen (secondary N) is 5. The van der Waals surface area contributed by atoms with E-state index in [1.165, 1.54) is 0 Å². The van der Waals surface area contributed by atoms with Crippen molar-refractivity contribution < 1.29 is 67.3 Å². The molecule has 0 radical (unpaired) electrons. The lowest BCUT2D eigenvalue weighted by Crippen LogP contribution is -2.60. The molecule has 1 aliphatic carbocycles. The second-order valence-corrected chi connectivity index (χ2v) is 15.2. The Morgan fingerprint density at radius 2 is 1.10 bits per heavy atom. The highest BCUT2D eigenvalue weighted by atomic mass is 19.3. The lowest BCUT2D eigenvalue weighted by atomic mass is 9.84. The number of carboxylic acid groups (broad SMARTS) is 3. The van der Waals surface area contributed by atoms with Crippen LogP contribution in [0.5, 0.6) is 0 Å². The molecule has 20 heteroatoms. The fraction of sp³-hybridized carbons (Fsp3) is 0.500. The van der Waals surface area contributed by atoms with Crippen LogP contribution in [0, 0.1) is 5.92 Å². The van der Waals surface area contributed by atoms with Gasteiger partial charge in [0.1, 0.15) is 30.5 Å². The summed E-state index contributed by atoms with van der Waals surface area (Å²) in [7, 11) is 0. The molecular weight excluding hydrogens is 818 g/mol. The normalized spacial score (nSPS) is 15.8. The summed E-state index contributed by atoms with van der Waals surface area (Å²) in [5.41, 5.74) is 6.62. The van der Waals surface area contributed by atoms with Crippen molar-refractivity contribution in [3.63, 3.8) is 0 Å². The van der Waals surface area contributed by atoms with E-state index < -0.39 is 135 Å². The number of hydrogen-bond acceptors (Lipinski definition) is 10. The average Bonchev–Trinajstić information content (AvgIpc) is 3.23. The number of carboxylic acids is 3. The highest BCUT2D eigenvalue weighted by Crippen LogP contribution is 2.30. The first-order valence-corrected chi connectivity index (χ1v) is 20.2. The van der Waals surface area contributed by atoms with Crippen molar-refractivity contribution in [3.8, 4) is 0 Å².